The molecule has 25 heavy (non-hydrogen) atoms. The zero-order valence-electron chi connectivity index (χ0n) is 13.9. The van der Waals surface area contributed by atoms with Crippen LogP contribution in [0.25, 0.3) is 11.1 Å². The second kappa shape index (κ2) is 5.94. The molecule has 4 rings (SSSR count). The van der Waals surface area contributed by atoms with Gasteiger partial charge >= 0.3 is 5.76 Å². The minimum atomic E-state index is -3.65. The molecule has 2 aliphatic heterocycles. The Bertz CT molecular complexity index is 945. The fraction of sp³-hybridized carbons (Fsp3) is 0.562. The van der Waals surface area contributed by atoms with Crippen molar-refractivity contribution in [2.24, 2.45) is 7.05 Å². The summed E-state index contributed by atoms with van der Waals surface area (Å²) < 4.78 is 45.2. The van der Waals surface area contributed by atoms with Gasteiger partial charge < -0.3 is 13.9 Å². The first kappa shape index (κ1) is 16.8. The molecule has 2 aromatic rings. The summed E-state index contributed by atoms with van der Waals surface area (Å²) in [5.41, 5.74) is 0.826. The van der Waals surface area contributed by atoms with Gasteiger partial charge in [0.1, 0.15) is 0 Å². The number of aromatic nitrogens is 1. The van der Waals surface area contributed by atoms with E-state index in [2.05, 4.69) is 0 Å². The summed E-state index contributed by atoms with van der Waals surface area (Å²) in [5, 5.41) is 0. The van der Waals surface area contributed by atoms with Crippen molar-refractivity contribution in [2.45, 2.75) is 29.9 Å². The molecule has 0 amide bonds. The van der Waals surface area contributed by atoms with E-state index in [4.69, 9.17) is 13.9 Å². The van der Waals surface area contributed by atoms with E-state index in [1.54, 1.807) is 7.05 Å². The highest BCUT2D eigenvalue weighted by atomic mass is 32.2. The Morgan fingerprint density at radius 3 is 2.48 bits per heavy atom. The summed E-state index contributed by atoms with van der Waals surface area (Å²) >= 11 is 0. The number of piperidine rings is 1. The molecule has 3 heterocycles. The first-order valence-electron chi connectivity index (χ1n) is 8.29. The van der Waals surface area contributed by atoms with Gasteiger partial charge in [0.05, 0.1) is 23.6 Å². The fourth-order valence-corrected chi connectivity index (χ4v) is 4.85. The zero-order chi connectivity index (χ0) is 17.7. The first-order valence-corrected chi connectivity index (χ1v) is 9.73. The molecule has 136 valence electrons. The molecule has 2 aliphatic rings. The summed E-state index contributed by atoms with van der Waals surface area (Å²) in [6.45, 7) is 1.98. The average Bonchev–Trinajstić information content (AvgIpc) is 2.90. The van der Waals surface area contributed by atoms with Gasteiger partial charge in [-0.25, -0.2) is 13.2 Å². The van der Waals surface area contributed by atoms with Crippen molar-refractivity contribution in [3.8, 4) is 0 Å². The maximum absolute atomic E-state index is 12.9. The van der Waals surface area contributed by atoms with E-state index in [0.717, 1.165) is 6.42 Å². The van der Waals surface area contributed by atoms with Crippen LogP contribution in [-0.2, 0) is 26.5 Å². The summed E-state index contributed by atoms with van der Waals surface area (Å²) in [5.74, 6) is -1.15. The molecular formula is C16H20N2O6S. The number of nitrogens with zero attached hydrogens (tertiary/aromatic N) is 2. The smallest absolute Gasteiger partial charge is 0.408 e. The Kier molecular flexibility index (Phi) is 3.99. The van der Waals surface area contributed by atoms with Gasteiger partial charge in [0.15, 0.2) is 11.4 Å². The molecule has 9 heteroatoms. The molecule has 0 radical (unpaired) electrons. The molecule has 1 aromatic carbocycles. The summed E-state index contributed by atoms with van der Waals surface area (Å²) in [6, 6.07) is 4.47. The average molecular weight is 368 g/mol. The molecule has 0 bridgehead atoms. The minimum absolute atomic E-state index is 0.151. The monoisotopic (exact) mass is 368 g/mol. The predicted octanol–water partition coefficient (Wildman–Crippen LogP) is 1.05. The van der Waals surface area contributed by atoms with Crippen molar-refractivity contribution in [1.82, 2.24) is 8.87 Å². The highest BCUT2D eigenvalue weighted by Gasteiger charge is 2.41. The lowest BCUT2D eigenvalue weighted by Crippen LogP contribution is -2.51. The van der Waals surface area contributed by atoms with E-state index in [1.807, 2.05) is 0 Å². The van der Waals surface area contributed by atoms with Crippen LogP contribution in [0.4, 0.5) is 0 Å². The quantitative estimate of drug-likeness (QED) is 0.787. The lowest BCUT2D eigenvalue weighted by Gasteiger charge is -2.42. The van der Waals surface area contributed by atoms with Gasteiger partial charge in [-0.05, 0) is 24.6 Å². The first-order chi connectivity index (χ1) is 11.9. The van der Waals surface area contributed by atoms with Crippen LogP contribution in [0.3, 0.4) is 0 Å². The third-order valence-corrected chi connectivity index (χ3v) is 6.80. The van der Waals surface area contributed by atoms with Gasteiger partial charge in [-0.1, -0.05) is 0 Å². The molecule has 0 atom stereocenters. The topological polar surface area (TPSA) is 91.0 Å². The summed E-state index contributed by atoms with van der Waals surface area (Å²) in [7, 11) is -2.10. The molecule has 0 aliphatic carbocycles. The molecule has 0 N–H and O–H groups in total. The minimum Gasteiger partial charge on any atom is -0.408 e. The van der Waals surface area contributed by atoms with E-state index >= 15 is 0 Å². The maximum atomic E-state index is 12.9. The second-order valence-corrected chi connectivity index (χ2v) is 8.36. The lowest BCUT2D eigenvalue weighted by molar-refractivity contribution is -0.280. The van der Waals surface area contributed by atoms with Crippen LogP contribution in [0.15, 0.2) is 32.3 Å². The molecule has 1 spiro atoms. The van der Waals surface area contributed by atoms with E-state index in [1.165, 1.54) is 27.1 Å². The van der Waals surface area contributed by atoms with E-state index < -0.39 is 21.6 Å². The van der Waals surface area contributed by atoms with Gasteiger partial charge in [-0.3, -0.25) is 4.57 Å². The lowest BCUT2D eigenvalue weighted by atomic mass is 10.0. The van der Waals surface area contributed by atoms with Crippen molar-refractivity contribution < 1.29 is 22.3 Å². The molecule has 2 saturated heterocycles. The number of ether oxygens (including phenoxy) is 2. The number of aryl methyl sites for hydroxylation is 1. The predicted molar refractivity (Wildman–Crippen MR) is 88.7 cm³/mol. The van der Waals surface area contributed by atoms with E-state index in [9.17, 15) is 13.2 Å². The number of oxazole rings is 1. The summed E-state index contributed by atoms with van der Waals surface area (Å²) in [4.78, 5) is 11.7. The highest BCUT2D eigenvalue weighted by Crippen LogP contribution is 2.33. The molecule has 2 fully saturated rings. The third kappa shape index (κ3) is 2.80. The maximum Gasteiger partial charge on any atom is 0.419 e. The number of rotatable bonds is 2. The van der Waals surface area contributed by atoms with Crippen LogP contribution in [0.1, 0.15) is 19.3 Å². The number of hydrogen-bond donors (Lipinski definition) is 0. The molecule has 8 nitrogen and oxygen atoms in total. The fourth-order valence-electron chi connectivity index (χ4n) is 3.39. The van der Waals surface area contributed by atoms with Gasteiger partial charge in [0, 0.05) is 33.0 Å². The van der Waals surface area contributed by atoms with E-state index in [-0.39, 0.29) is 4.90 Å². The highest BCUT2D eigenvalue weighted by molar-refractivity contribution is 7.89. The van der Waals surface area contributed by atoms with Crippen LogP contribution in [-0.4, -0.2) is 49.4 Å². The zero-order valence-corrected chi connectivity index (χ0v) is 14.8. The van der Waals surface area contributed by atoms with Crippen LogP contribution >= 0.6 is 0 Å². The van der Waals surface area contributed by atoms with Gasteiger partial charge in [-0.2, -0.15) is 4.31 Å². The SMILES string of the molecule is Cn1c(=O)oc2ccc(S(=O)(=O)N3CCC4(CC3)OCCCO4)cc21. The second-order valence-electron chi connectivity index (χ2n) is 6.42. The van der Waals surface area contributed by atoms with Crippen molar-refractivity contribution in [3.63, 3.8) is 0 Å². The van der Waals surface area contributed by atoms with Crippen LogP contribution < -0.4 is 5.76 Å². The van der Waals surface area contributed by atoms with Gasteiger partial charge in [0.25, 0.3) is 0 Å². The molecule has 0 saturated carbocycles. The van der Waals surface area contributed by atoms with E-state index in [0.29, 0.717) is 50.2 Å². The third-order valence-electron chi connectivity index (χ3n) is 4.90. The Balaban J connectivity index is 1.60. The number of fused-ring (bicyclic) bond motifs is 1. The standard InChI is InChI=1S/C16H20N2O6S/c1-17-13-11-12(3-4-14(13)24-15(17)19)25(20,21)18-7-5-16(6-8-18)22-9-2-10-23-16/h3-4,11H,2,5-10H2,1H3. The van der Waals surface area contributed by atoms with Gasteiger partial charge in [-0.15, -0.1) is 0 Å². The number of sulfonamides is 1. The summed E-state index contributed by atoms with van der Waals surface area (Å²) in [6.07, 6.45) is 1.89. The molecule has 1 aromatic heterocycles. The van der Waals surface area contributed by atoms with Crippen molar-refractivity contribution >= 4 is 21.1 Å². The Morgan fingerprint density at radius 1 is 1.12 bits per heavy atom. The molecular weight excluding hydrogens is 348 g/mol. The Morgan fingerprint density at radius 2 is 1.80 bits per heavy atom. The van der Waals surface area contributed by atoms with Crippen molar-refractivity contribution in [2.75, 3.05) is 26.3 Å². The number of hydrogen-bond acceptors (Lipinski definition) is 6. The number of benzene rings is 1. The van der Waals surface area contributed by atoms with Crippen molar-refractivity contribution in [3.05, 3.63) is 28.7 Å². The van der Waals surface area contributed by atoms with Crippen LogP contribution in [0, 0.1) is 0 Å². The largest absolute Gasteiger partial charge is 0.419 e. The van der Waals surface area contributed by atoms with Crippen LogP contribution in [0.2, 0.25) is 0 Å². The van der Waals surface area contributed by atoms with Crippen LogP contribution in [0.5, 0.6) is 0 Å². The van der Waals surface area contributed by atoms with Crippen molar-refractivity contribution in [1.29, 1.82) is 0 Å². The Labute approximate surface area is 145 Å². The van der Waals surface area contributed by atoms with Gasteiger partial charge in [0.2, 0.25) is 10.0 Å². The molecule has 0 unspecified atom stereocenters. The Hall–Kier alpha value is -1.68. The normalized spacial score (nSPS) is 21.8.